The van der Waals surface area contributed by atoms with Crippen molar-refractivity contribution in [2.24, 2.45) is 0 Å². The van der Waals surface area contributed by atoms with E-state index in [2.05, 4.69) is 17.0 Å². The van der Waals surface area contributed by atoms with Gasteiger partial charge in [0.2, 0.25) is 0 Å². The van der Waals surface area contributed by atoms with E-state index in [1.165, 1.54) is 18.4 Å². The number of β-amino-alcohol motifs (C(OH)–C–C–N with tert-alkyl or cyclic N) is 1. The van der Waals surface area contributed by atoms with Gasteiger partial charge in [-0.1, -0.05) is 30.3 Å². The van der Waals surface area contributed by atoms with Gasteiger partial charge >= 0.3 is 0 Å². The number of likely N-dealkylation sites (tertiary alicyclic amines) is 1. The number of aliphatic hydroxyl groups excluding tert-OH is 1. The molecule has 0 bridgehead atoms. The monoisotopic (exact) mass is 205 g/mol. The zero-order valence-electron chi connectivity index (χ0n) is 9.10. The maximum Gasteiger partial charge on any atom is 0.0707 e. The Balaban J connectivity index is 1.79. The summed E-state index contributed by atoms with van der Waals surface area (Å²) in [6.07, 6.45) is 3.14. The molecule has 1 fully saturated rings. The summed E-state index contributed by atoms with van der Waals surface area (Å²) in [5.74, 6) is 0. The zero-order chi connectivity index (χ0) is 10.5. The fraction of sp³-hybridized carbons (Fsp3) is 0.538. The first-order chi connectivity index (χ1) is 7.34. The number of benzene rings is 1. The van der Waals surface area contributed by atoms with Crippen LogP contribution in [0, 0.1) is 0 Å². The summed E-state index contributed by atoms with van der Waals surface area (Å²) < 4.78 is 0. The summed E-state index contributed by atoms with van der Waals surface area (Å²) in [4.78, 5) is 2.35. The predicted octanol–water partition coefficient (Wildman–Crippen LogP) is 1.69. The minimum absolute atomic E-state index is 0.217. The Labute approximate surface area is 91.5 Å². The van der Waals surface area contributed by atoms with Crippen LogP contribution in [0.1, 0.15) is 18.4 Å². The molecule has 1 N–H and O–H groups in total. The van der Waals surface area contributed by atoms with Crippen molar-refractivity contribution in [2.45, 2.75) is 25.4 Å². The molecular formula is C13H19NO. The van der Waals surface area contributed by atoms with Gasteiger partial charge in [-0.25, -0.2) is 0 Å². The van der Waals surface area contributed by atoms with Crippen molar-refractivity contribution in [3.63, 3.8) is 0 Å². The Morgan fingerprint density at radius 2 is 1.80 bits per heavy atom. The quantitative estimate of drug-likeness (QED) is 0.808. The number of rotatable bonds is 4. The molecule has 1 heterocycles. The summed E-state index contributed by atoms with van der Waals surface area (Å²) in [5, 5.41) is 9.92. The third kappa shape index (κ3) is 3.33. The Hall–Kier alpha value is -0.860. The molecule has 0 radical (unpaired) electrons. The second-order valence-electron chi connectivity index (χ2n) is 4.35. The highest BCUT2D eigenvalue weighted by Crippen LogP contribution is 2.10. The Morgan fingerprint density at radius 3 is 2.47 bits per heavy atom. The van der Waals surface area contributed by atoms with Gasteiger partial charge < -0.3 is 10.0 Å². The Morgan fingerprint density at radius 1 is 1.13 bits per heavy atom. The molecule has 0 aromatic heterocycles. The second kappa shape index (κ2) is 5.29. The predicted molar refractivity (Wildman–Crippen MR) is 61.8 cm³/mol. The van der Waals surface area contributed by atoms with Crippen LogP contribution in [0.3, 0.4) is 0 Å². The number of nitrogens with zero attached hydrogens (tertiary/aromatic N) is 1. The SMILES string of the molecule is OC(Cc1ccccc1)CN1CCCC1. The standard InChI is InChI=1S/C13H19NO/c15-13(11-14-8-4-5-9-14)10-12-6-2-1-3-7-12/h1-3,6-7,13,15H,4-5,8-11H2. The first-order valence-corrected chi connectivity index (χ1v) is 5.79. The van der Waals surface area contributed by atoms with Gasteiger partial charge in [-0.05, 0) is 37.9 Å². The van der Waals surface area contributed by atoms with E-state index < -0.39 is 0 Å². The molecule has 82 valence electrons. The van der Waals surface area contributed by atoms with Crippen LogP contribution in [0.25, 0.3) is 0 Å². The van der Waals surface area contributed by atoms with E-state index >= 15 is 0 Å². The average molecular weight is 205 g/mol. The van der Waals surface area contributed by atoms with Gasteiger partial charge in [0.25, 0.3) is 0 Å². The molecule has 0 amide bonds. The van der Waals surface area contributed by atoms with Gasteiger partial charge in [-0.3, -0.25) is 0 Å². The van der Waals surface area contributed by atoms with Gasteiger partial charge in [0.05, 0.1) is 6.10 Å². The van der Waals surface area contributed by atoms with Crippen LogP contribution < -0.4 is 0 Å². The summed E-state index contributed by atoms with van der Waals surface area (Å²) in [7, 11) is 0. The zero-order valence-corrected chi connectivity index (χ0v) is 9.10. The fourth-order valence-electron chi connectivity index (χ4n) is 2.21. The smallest absolute Gasteiger partial charge is 0.0707 e. The fourth-order valence-corrected chi connectivity index (χ4v) is 2.21. The van der Waals surface area contributed by atoms with Gasteiger partial charge in [-0.15, -0.1) is 0 Å². The molecular weight excluding hydrogens is 186 g/mol. The lowest BCUT2D eigenvalue weighted by atomic mass is 10.1. The van der Waals surface area contributed by atoms with Crippen LogP contribution in [-0.4, -0.2) is 35.7 Å². The number of hydrogen-bond acceptors (Lipinski definition) is 2. The van der Waals surface area contributed by atoms with Gasteiger partial charge in [0, 0.05) is 6.54 Å². The Kier molecular flexibility index (Phi) is 3.75. The third-order valence-corrected chi connectivity index (χ3v) is 2.98. The molecule has 1 aliphatic rings. The second-order valence-corrected chi connectivity index (χ2v) is 4.35. The molecule has 0 aliphatic carbocycles. The maximum absolute atomic E-state index is 9.92. The summed E-state index contributed by atoms with van der Waals surface area (Å²) in [6.45, 7) is 3.15. The minimum Gasteiger partial charge on any atom is -0.391 e. The summed E-state index contributed by atoms with van der Waals surface area (Å²) >= 11 is 0. The number of hydrogen-bond donors (Lipinski definition) is 1. The van der Waals surface area contributed by atoms with Gasteiger partial charge in [0.15, 0.2) is 0 Å². The normalized spacial score (nSPS) is 19.3. The van der Waals surface area contributed by atoms with Crippen molar-refractivity contribution in [2.75, 3.05) is 19.6 Å². The lowest BCUT2D eigenvalue weighted by Crippen LogP contribution is -2.31. The molecule has 1 unspecified atom stereocenters. The van der Waals surface area contributed by atoms with E-state index in [0.717, 1.165) is 26.1 Å². The highest BCUT2D eigenvalue weighted by Gasteiger charge is 2.15. The topological polar surface area (TPSA) is 23.5 Å². The van der Waals surface area contributed by atoms with E-state index in [4.69, 9.17) is 0 Å². The summed E-state index contributed by atoms with van der Waals surface area (Å²) in [5.41, 5.74) is 1.23. The van der Waals surface area contributed by atoms with Crippen LogP contribution in [0.5, 0.6) is 0 Å². The highest BCUT2D eigenvalue weighted by atomic mass is 16.3. The molecule has 1 atom stereocenters. The average Bonchev–Trinajstić information content (AvgIpc) is 2.71. The van der Waals surface area contributed by atoms with Crippen molar-refractivity contribution >= 4 is 0 Å². The number of aliphatic hydroxyl groups is 1. The molecule has 2 rings (SSSR count). The Bertz CT molecular complexity index is 280. The van der Waals surface area contributed by atoms with Crippen molar-refractivity contribution < 1.29 is 5.11 Å². The van der Waals surface area contributed by atoms with Crippen molar-refractivity contribution in [3.05, 3.63) is 35.9 Å². The molecule has 1 aromatic rings. The highest BCUT2D eigenvalue weighted by molar-refractivity contribution is 5.15. The van der Waals surface area contributed by atoms with E-state index in [-0.39, 0.29) is 6.10 Å². The van der Waals surface area contributed by atoms with Crippen LogP contribution in [-0.2, 0) is 6.42 Å². The van der Waals surface area contributed by atoms with Crippen molar-refractivity contribution in [3.8, 4) is 0 Å². The van der Waals surface area contributed by atoms with Crippen molar-refractivity contribution in [1.82, 2.24) is 4.90 Å². The molecule has 0 spiro atoms. The van der Waals surface area contributed by atoms with E-state index in [0.29, 0.717) is 0 Å². The lowest BCUT2D eigenvalue weighted by Gasteiger charge is -2.19. The van der Waals surface area contributed by atoms with E-state index in [1.807, 2.05) is 18.2 Å². The molecule has 15 heavy (non-hydrogen) atoms. The largest absolute Gasteiger partial charge is 0.391 e. The summed E-state index contributed by atoms with van der Waals surface area (Å²) in [6, 6.07) is 10.2. The van der Waals surface area contributed by atoms with E-state index in [1.54, 1.807) is 0 Å². The molecule has 1 saturated heterocycles. The molecule has 0 saturated carbocycles. The van der Waals surface area contributed by atoms with Crippen LogP contribution in [0.4, 0.5) is 0 Å². The maximum atomic E-state index is 9.92. The van der Waals surface area contributed by atoms with Crippen LogP contribution in [0.15, 0.2) is 30.3 Å². The third-order valence-electron chi connectivity index (χ3n) is 2.98. The molecule has 2 heteroatoms. The van der Waals surface area contributed by atoms with Gasteiger partial charge in [0.1, 0.15) is 0 Å². The molecule has 1 aliphatic heterocycles. The van der Waals surface area contributed by atoms with Crippen LogP contribution >= 0.6 is 0 Å². The minimum atomic E-state index is -0.217. The first kappa shape index (κ1) is 10.7. The molecule has 1 aromatic carbocycles. The first-order valence-electron chi connectivity index (χ1n) is 5.79. The lowest BCUT2D eigenvalue weighted by molar-refractivity contribution is 0.125. The van der Waals surface area contributed by atoms with Crippen molar-refractivity contribution in [1.29, 1.82) is 0 Å². The van der Waals surface area contributed by atoms with Gasteiger partial charge in [-0.2, -0.15) is 0 Å². The van der Waals surface area contributed by atoms with E-state index in [9.17, 15) is 5.11 Å². The molecule has 2 nitrogen and oxygen atoms in total. The van der Waals surface area contributed by atoms with Crippen LogP contribution in [0.2, 0.25) is 0 Å².